The van der Waals surface area contributed by atoms with Gasteiger partial charge >= 0.3 is 0 Å². The van der Waals surface area contributed by atoms with Crippen LogP contribution in [-0.4, -0.2) is 28.7 Å². The molecule has 1 heterocycles. The van der Waals surface area contributed by atoms with Gasteiger partial charge in [-0.1, -0.05) is 12.8 Å². The summed E-state index contributed by atoms with van der Waals surface area (Å²) < 4.78 is 39.5. The van der Waals surface area contributed by atoms with Crippen LogP contribution in [0.2, 0.25) is 0 Å². The van der Waals surface area contributed by atoms with Gasteiger partial charge in [0.1, 0.15) is 0 Å². The monoisotopic (exact) mass is 299 g/mol. The molecule has 0 radical (unpaired) electrons. The fourth-order valence-corrected chi connectivity index (χ4v) is 3.74. The summed E-state index contributed by atoms with van der Waals surface area (Å²) in [5, 5.41) is 10.6. The topological polar surface area (TPSA) is 23.5 Å². The van der Waals surface area contributed by atoms with Gasteiger partial charge in [0.05, 0.1) is 5.60 Å². The van der Waals surface area contributed by atoms with E-state index >= 15 is 0 Å². The molecular formula is C16H20F3NO. The van der Waals surface area contributed by atoms with Crippen molar-refractivity contribution in [3.8, 4) is 0 Å². The maximum Gasteiger partial charge on any atom is 0.194 e. The van der Waals surface area contributed by atoms with E-state index in [1.54, 1.807) is 0 Å². The lowest BCUT2D eigenvalue weighted by molar-refractivity contribution is -0.0968. The van der Waals surface area contributed by atoms with Gasteiger partial charge in [0.15, 0.2) is 17.5 Å². The van der Waals surface area contributed by atoms with Gasteiger partial charge in [-0.15, -0.1) is 0 Å². The summed E-state index contributed by atoms with van der Waals surface area (Å²) in [6, 6.07) is 2.11. The van der Waals surface area contributed by atoms with E-state index in [2.05, 4.69) is 4.90 Å². The largest absolute Gasteiger partial charge is 0.390 e. The summed E-state index contributed by atoms with van der Waals surface area (Å²) in [7, 11) is 0. The van der Waals surface area contributed by atoms with Crippen molar-refractivity contribution in [3.05, 3.63) is 35.1 Å². The number of fused-ring (bicyclic) bond motifs is 1. The maximum atomic E-state index is 13.3. The summed E-state index contributed by atoms with van der Waals surface area (Å²) in [4.78, 5) is 2.09. The summed E-state index contributed by atoms with van der Waals surface area (Å²) >= 11 is 0. The van der Waals surface area contributed by atoms with Crippen molar-refractivity contribution in [2.75, 3.05) is 13.1 Å². The highest BCUT2D eigenvalue weighted by atomic mass is 19.2. The predicted octanol–water partition coefficient (Wildman–Crippen LogP) is 3.23. The van der Waals surface area contributed by atoms with Gasteiger partial charge in [0.2, 0.25) is 0 Å². The first-order valence-corrected chi connectivity index (χ1v) is 7.56. The van der Waals surface area contributed by atoms with Crippen molar-refractivity contribution in [2.24, 2.45) is 5.92 Å². The molecule has 1 N–H and O–H groups in total. The average Bonchev–Trinajstić information content (AvgIpc) is 2.45. The number of rotatable bonds is 2. The molecule has 21 heavy (non-hydrogen) atoms. The second-order valence-electron chi connectivity index (χ2n) is 6.40. The van der Waals surface area contributed by atoms with Crippen LogP contribution in [0.5, 0.6) is 0 Å². The smallest absolute Gasteiger partial charge is 0.194 e. The number of benzene rings is 1. The third-order valence-corrected chi connectivity index (χ3v) is 4.96. The molecule has 2 unspecified atom stereocenters. The van der Waals surface area contributed by atoms with Gasteiger partial charge in [-0.3, -0.25) is 4.90 Å². The molecule has 0 amide bonds. The van der Waals surface area contributed by atoms with Crippen LogP contribution in [0.1, 0.15) is 37.7 Å². The van der Waals surface area contributed by atoms with Crippen molar-refractivity contribution in [2.45, 2.75) is 44.2 Å². The van der Waals surface area contributed by atoms with Gasteiger partial charge in [0.25, 0.3) is 0 Å². The Labute approximate surface area is 122 Å². The summed E-state index contributed by atoms with van der Waals surface area (Å²) in [6.45, 7) is 1.82. The second-order valence-corrected chi connectivity index (χ2v) is 6.40. The van der Waals surface area contributed by atoms with Crippen LogP contribution in [-0.2, 0) is 6.54 Å². The normalized spacial score (nSPS) is 30.2. The van der Waals surface area contributed by atoms with E-state index < -0.39 is 23.1 Å². The van der Waals surface area contributed by atoms with E-state index in [-0.39, 0.29) is 5.92 Å². The van der Waals surface area contributed by atoms with Crippen LogP contribution in [0.3, 0.4) is 0 Å². The Morgan fingerprint density at radius 2 is 1.86 bits per heavy atom. The van der Waals surface area contributed by atoms with Crippen molar-refractivity contribution < 1.29 is 18.3 Å². The average molecular weight is 299 g/mol. The zero-order chi connectivity index (χ0) is 15.0. The molecule has 0 bridgehead atoms. The molecule has 1 aliphatic carbocycles. The lowest BCUT2D eigenvalue weighted by Crippen LogP contribution is -2.52. The molecule has 2 aliphatic rings. The first kappa shape index (κ1) is 14.9. The molecule has 2 nitrogen and oxygen atoms in total. The van der Waals surface area contributed by atoms with E-state index in [1.165, 1.54) is 0 Å². The highest BCUT2D eigenvalue weighted by molar-refractivity contribution is 5.19. The minimum atomic E-state index is -1.42. The Hall–Kier alpha value is -1.07. The van der Waals surface area contributed by atoms with Crippen molar-refractivity contribution in [3.63, 3.8) is 0 Å². The Morgan fingerprint density at radius 1 is 1.14 bits per heavy atom. The van der Waals surface area contributed by atoms with E-state index in [4.69, 9.17) is 0 Å². The van der Waals surface area contributed by atoms with Crippen molar-refractivity contribution >= 4 is 0 Å². The third kappa shape index (κ3) is 2.94. The zero-order valence-electron chi connectivity index (χ0n) is 11.9. The number of likely N-dealkylation sites (tertiary alicyclic amines) is 1. The number of aliphatic hydroxyl groups is 1. The summed E-state index contributed by atoms with van der Waals surface area (Å²) in [5.41, 5.74) is -0.124. The quantitative estimate of drug-likeness (QED) is 0.848. The SMILES string of the molecule is OC12CCCCC1CN(Cc1cc(F)c(F)c(F)c1)CC2. The van der Waals surface area contributed by atoms with Gasteiger partial charge in [-0.25, -0.2) is 13.2 Å². The summed E-state index contributed by atoms with van der Waals surface area (Å²) in [5.74, 6) is -3.47. The van der Waals surface area contributed by atoms with Gasteiger partial charge in [-0.05, 0) is 37.0 Å². The van der Waals surface area contributed by atoms with Crippen LogP contribution in [0.25, 0.3) is 0 Å². The molecular weight excluding hydrogens is 279 g/mol. The first-order valence-electron chi connectivity index (χ1n) is 7.56. The summed E-state index contributed by atoms with van der Waals surface area (Å²) in [6.07, 6.45) is 4.75. The number of piperidine rings is 1. The third-order valence-electron chi connectivity index (χ3n) is 4.96. The zero-order valence-corrected chi connectivity index (χ0v) is 11.9. The Bertz CT molecular complexity index is 513. The molecule has 1 saturated heterocycles. The van der Waals surface area contributed by atoms with Crippen LogP contribution in [0.4, 0.5) is 13.2 Å². The number of hydrogen-bond donors (Lipinski definition) is 1. The lowest BCUT2D eigenvalue weighted by atomic mass is 9.71. The predicted molar refractivity (Wildman–Crippen MR) is 73.1 cm³/mol. The van der Waals surface area contributed by atoms with E-state index in [0.717, 1.165) is 44.4 Å². The fraction of sp³-hybridized carbons (Fsp3) is 0.625. The van der Waals surface area contributed by atoms with Crippen LogP contribution >= 0.6 is 0 Å². The number of nitrogens with zero attached hydrogens (tertiary/aromatic N) is 1. The first-order chi connectivity index (χ1) is 9.98. The Morgan fingerprint density at radius 3 is 2.57 bits per heavy atom. The Balaban J connectivity index is 1.69. The lowest BCUT2D eigenvalue weighted by Gasteiger charge is -2.47. The molecule has 1 aromatic carbocycles. The van der Waals surface area contributed by atoms with Gasteiger partial charge < -0.3 is 5.11 Å². The molecule has 2 atom stereocenters. The molecule has 116 valence electrons. The van der Waals surface area contributed by atoms with Crippen LogP contribution in [0, 0.1) is 23.4 Å². The molecule has 1 aliphatic heterocycles. The van der Waals surface area contributed by atoms with Crippen molar-refractivity contribution in [1.82, 2.24) is 4.90 Å². The molecule has 1 saturated carbocycles. The van der Waals surface area contributed by atoms with E-state index in [1.807, 2.05) is 0 Å². The fourth-order valence-electron chi connectivity index (χ4n) is 3.74. The van der Waals surface area contributed by atoms with Gasteiger partial charge in [0, 0.05) is 25.6 Å². The molecule has 0 aromatic heterocycles. The Kier molecular flexibility index (Phi) is 3.97. The molecule has 1 aromatic rings. The number of halogens is 3. The highest BCUT2D eigenvalue weighted by Gasteiger charge is 2.42. The number of hydrogen-bond acceptors (Lipinski definition) is 2. The highest BCUT2D eigenvalue weighted by Crippen LogP contribution is 2.40. The van der Waals surface area contributed by atoms with Gasteiger partial charge in [-0.2, -0.15) is 0 Å². The van der Waals surface area contributed by atoms with E-state index in [9.17, 15) is 18.3 Å². The van der Waals surface area contributed by atoms with Crippen LogP contribution in [0.15, 0.2) is 12.1 Å². The maximum absolute atomic E-state index is 13.3. The van der Waals surface area contributed by atoms with Crippen LogP contribution < -0.4 is 0 Å². The standard InChI is InChI=1S/C16H20F3NO/c17-13-7-11(8-14(18)15(13)19)9-20-6-5-16(21)4-2-1-3-12(16)10-20/h7-8,12,21H,1-6,9-10H2. The second kappa shape index (κ2) is 5.61. The minimum Gasteiger partial charge on any atom is -0.390 e. The minimum absolute atomic E-state index is 0.232. The molecule has 3 rings (SSSR count). The molecule has 5 heteroatoms. The molecule has 0 spiro atoms. The van der Waals surface area contributed by atoms with E-state index in [0.29, 0.717) is 25.1 Å². The molecule has 2 fully saturated rings. The van der Waals surface area contributed by atoms with Crippen molar-refractivity contribution in [1.29, 1.82) is 0 Å².